The fraction of sp³-hybridized carbons (Fsp3) is 0.250. The molecule has 1 aliphatic carbocycles. The molecular weight excluding hydrogens is 362 g/mol. The van der Waals surface area contributed by atoms with Gasteiger partial charge >= 0.3 is 0 Å². The predicted octanol–water partition coefficient (Wildman–Crippen LogP) is 4.70. The lowest BCUT2D eigenvalue weighted by molar-refractivity contribution is 0.0889. The zero-order valence-electron chi connectivity index (χ0n) is 16.4. The van der Waals surface area contributed by atoms with E-state index >= 15 is 0 Å². The third-order valence-electron chi connectivity index (χ3n) is 5.80. The first kappa shape index (κ1) is 17.7. The molecule has 5 nitrogen and oxygen atoms in total. The van der Waals surface area contributed by atoms with E-state index in [1.54, 1.807) is 6.20 Å². The second-order valence-corrected chi connectivity index (χ2v) is 7.69. The summed E-state index contributed by atoms with van der Waals surface area (Å²) >= 11 is 0. The quantitative estimate of drug-likeness (QED) is 0.542. The second-order valence-electron chi connectivity index (χ2n) is 7.69. The number of carbonyl (C=O) groups is 1. The number of H-pyrrole nitrogens is 1. The van der Waals surface area contributed by atoms with Crippen molar-refractivity contribution in [3.05, 3.63) is 83.6 Å². The van der Waals surface area contributed by atoms with E-state index < -0.39 is 0 Å². The van der Waals surface area contributed by atoms with Crippen LogP contribution in [-0.2, 0) is 19.6 Å². The molecule has 1 atom stereocenters. The molecule has 0 fully saturated rings. The Morgan fingerprint density at radius 3 is 2.86 bits per heavy atom. The second kappa shape index (κ2) is 7.24. The van der Waals surface area contributed by atoms with E-state index in [4.69, 9.17) is 4.74 Å². The lowest BCUT2D eigenvalue weighted by Gasteiger charge is -2.22. The van der Waals surface area contributed by atoms with Crippen LogP contribution in [0.4, 0.5) is 0 Å². The van der Waals surface area contributed by atoms with Crippen LogP contribution in [0.1, 0.15) is 33.9 Å². The van der Waals surface area contributed by atoms with Crippen molar-refractivity contribution in [3.63, 3.8) is 0 Å². The lowest BCUT2D eigenvalue weighted by Crippen LogP contribution is -2.26. The lowest BCUT2D eigenvalue weighted by atomic mass is 9.85. The Labute approximate surface area is 169 Å². The minimum atomic E-state index is -0.0247. The number of aryl methyl sites for hydroxylation is 2. The van der Waals surface area contributed by atoms with Crippen LogP contribution in [0.3, 0.4) is 0 Å². The third kappa shape index (κ3) is 3.33. The van der Waals surface area contributed by atoms with E-state index in [-0.39, 0.29) is 11.7 Å². The Hall–Kier alpha value is -3.34. The summed E-state index contributed by atoms with van der Waals surface area (Å²) in [5.74, 6) is 1.91. The molecule has 1 unspecified atom stereocenters. The molecule has 2 aromatic heterocycles. The van der Waals surface area contributed by atoms with E-state index in [1.807, 2.05) is 61.7 Å². The van der Waals surface area contributed by atoms with Crippen molar-refractivity contribution in [2.24, 2.45) is 5.92 Å². The van der Waals surface area contributed by atoms with E-state index in [1.165, 1.54) is 0 Å². The summed E-state index contributed by atoms with van der Waals surface area (Å²) in [6, 6.07) is 16.1. The SMILES string of the molecule is Cc1nccn1CC1CCc2[nH]c3ccc(OCc4ccccc4)cc3c2C1=O. The van der Waals surface area contributed by atoms with E-state index in [0.29, 0.717) is 13.2 Å². The van der Waals surface area contributed by atoms with E-state index in [9.17, 15) is 4.79 Å². The van der Waals surface area contributed by atoms with Gasteiger partial charge in [-0.25, -0.2) is 4.98 Å². The summed E-state index contributed by atoms with van der Waals surface area (Å²) in [5, 5.41) is 0.961. The molecule has 0 saturated heterocycles. The topological polar surface area (TPSA) is 59.9 Å². The van der Waals surface area contributed by atoms with Gasteiger partial charge in [0, 0.05) is 47.0 Å². The Balaban J connectivity index is 1.42. The summed E-state index contributed by atoms with van der Waals surface area (Å²) in [4.78, 5) is 21.0. The Morgan fingerprint density at radius 1 is 1.21 bits per heavy atom. The summed E-state index contributed by atoms with van der Waals surface area (Å²) < 4.78 is 8.05. The van der Waals surface area contributed by atoms with Gasteiger partial charge < -0.3 is 14.3 Å². The number of rotatable bonds is 5. The maximum Gasteiger partial charge on any atom is 0.170 e. The molecule has 0 radical (unpaired) electrons. The monoisotopic (exact) mass is 385 g/mol. The average Bonchev–Trinajstić information content (AvgIpc) is 3.32. The molecule has 1 aliphatic rings. The third-order valence-corrected chi connectivity index (χ3v) is 5.80. The molecule has 0 spiro atoms. The highest BCUT2D eigenvalue weighted by Crippen LogP contribution is 2.34. The van der Waals surface area contributed by atoms with Gasteiger partial charge in [0.15, 0.2) is 5.78 Å². The number of imidazole rings is 1. The maximum absolute atomic E-state index is 13.3. The van der Waals surface area contributed by atoms with Crippen molar-refractivity contribution >= 4 is 16.7 Å². The first-order valence-electron chi connectivity index (χ1n) is 10.0. The number of aromatic amines is 1. The van der Waals surface area contributed by atoms with Crippen LogP contribution in [0.2, 0.25) is 0 Å². The molecule has 1 N–H and O–H groups in total. The summed E-state index contributed by atoms with van der Waals surface area (Å²) in [6.07, 6.45) is 5.47. The minimum Gasteiger partial charge on any atom is -0.489 e. The first-order valence-corrected chi connectivity index (χ1v) is 10.0. The number of nitrogens with one attached hydrogen (secondary N) is 1. The molecule has 146 valence electrons. The molecule has 0 saturated carbocycles. The Kier molecular flexibility index (Phi) is 4.43. The van der Waals surface area contributed by atoms with Crippen LogP contribution < -0.4 is 4.74 Å². The minimum absolute atomic E-state index is 0.0247. The standard InChI is InChI=1S/C24H23N3O2/c1-16-25-11-12-27(16)14-18-7-9-22-23(24(18)28)20-13-19(8-10-21(20)26-22)29-15-17-5-3-2-4-6-17/h2-6,8,10-13,18,26H,7,9,14-15H2,1H3. The highest BCUT2D eigenvalue weighted by molar-refractivity contribution is 6.11. The zero-order chi connectivity index (χ0) is 19.8. The van der Waals surface area contributed by atoms with Crippen LogP contribution in [0.5, 0.6) is 5.75 Å². The number of ketones is 1. The van der Waals surface area contributed by atoms with E-state index in [2.05, 4.69) is 14.5 Å². The predicted molar refractivity (Wildman–Crippen MR) is 112 cm³/mol. The van der Waals surface area contributed by atoms with Crippen LogP contribution in [0.15, 0.2) is 60.9 Å². The van der Waals surface area contributed by atoms with Gasteiger partial charge in [-0.1, -0.05) is 30.3 Å². The number of aromatic nitrogens is 3. The van der Waals surface area contributed by atoms with Gasteiger partial charge in [0.25, 0.3) is 0 Å². The van der Waals surface area contributed by atoms with Crippen LogP contribution in [-0.4, -0.2) is 20.3 Å². The van der Waals surface area contributed by atoms with Crippen molar-refractivity contribution < 1.29 is 9.53 Å². The largest absolute Gasteiger partial charge is 0.489 e. The van der Waals surface area contributed by atoms with Gasteiger partial charge in [-0.2, -0.15) is 0 Å². The molecule has 2 aromatic carbocycles. The molecule has 5 heteroatoms. The van der Waals surface area contributed by atoms with Gasteiger partial charge in [-0.05, 0) is 43.5 Å². The maximum atomic E-state index is 13.3. The molecule has 2 heterocycles. The normalized spacial score (nSPS) is 16.2. The van der Waals surface area contributed by atoms with Gasteiger partial charge in [0.05, 0.1) is 0 Å². The van der Waals surface area contributed by atoms with Gasteiger partial charge in [0.1, 0.15) is 18.2 Å². The summed E-state index contributed by atoms with van der Waals surface area (Å²) in [5.41, 5.74) is 3.99. The van der Waals surface area contributed by atoms with Crippen LogP contribution in [0.25, 0.3) is 10.9 Å². The number of fused-ring (bicyclic) bond motifs is 3. The molecule has 29 heavy (non-hydrogen) atoms. The first-order chi connectivity index (χ1) is 14.2. The van der Waals surface area contributed by atoms with Crippen molar-refractivity contribution in [1.82, 2.24) is 14.5 Å². The van der Waals surface area contributed by atoms with Crippen molar-refractivity contribution in [2.75, 3.05) is 0 Å². The molecule has 0 bridgehead atoms. The Morgan fingerprint density at radius 2 is 2.07 bits per heavy atom. The highest BCUT2D eigenvalue weighted by atomic mass is 16.5. The van der Waals surface area contributed by atoms with Crippen molar-refractivity contribution in [1.29, 1.82) is 0 Å². The molecule has 0 aliphatic heterocycles. The smallest absolute Gasteiger partial charge is 0.170 e. The van der Waals surface area contributed by atoms with Crippen LogP contribution >= 0.6 is 0 Å². The van der Waals surface area contributed by atoms with Gasteiger partial charge in [-0.3, -0.25) is 4.79 Å². The van der Waals surface area contributed by atoms with Crippen molar-refractivity contribution in [2.45, 2.75) is 32.9 Å². The zero-order valence-corrected chi connectivity index (χ0v) is 16.4. The van der Waals surface area contributed by atoms with Crippen molar-refractivity contribution in [3.8, 4) is 5.75 Å². The summed E-state index contributed by atoms with van der Waals surface area (Å²) in [6.45, 7) is 3.16. The summed E-state index contributed by atoms with van der Waals surface area (Å²) in [7, 11) is 0. The van der Waals surface area contributed by atoms with Crippen LogP contribution in [0, 0.1) is 12.8 Å². The number of nitrogens with zero attached hydrogens (tertiary/aromatic N) is 2. The number of hydrogen-bond acceptors (Lipinski definition) is 3. The van der Waals surface area contributed by atoms with Gasteiger partial charge in [-0.15, -0.1) is 0 Å². The van der Waals surface area contributed by atoms with E-state index in [0.717, 1.165) is 52.1 Å². The highest BCUT2D eigenvalue weighted by Gasteiger charge is 2.31. The number of benzene rings is 2. The molecule has 5 rings (SSSR count). The number of ether oxygens (including phenoxy) is 1. The van der Waals surface area contributed by atoms with Gasteiger partial charge in [0.2, 0.25) is 0 Å². The fourth-order valence-corrected chi connectivity index (χ4v) is 4.19. The Bertz CT molecular complexity index is 1170. The average molecular weight is 385 g/mol. The molecular formula is C24H23N3O2. The fourth-order valence-electron chi connectivity index (χ4n) is 4.19. The number of hydrogen-bond donors (Lipinski definition) is 1. The number of Topliss-reactive ketones (excluding diaryl/α,β-unsaturated/α-hetero) is 1. The molecule has 4 aromatic rings. The number of carbonyl (C=O) groups excluding carboxylic acids is 1. The molecule has 0 amide bonds.